The Labute approximate surface area is 192 Å². The number of halogens is 3. The minimum absolute atomic E-state index is 0.183. The van der Waals surface area contributed by atoms with Crippen molar-refractivity contribution >= 4 is 63.7 Å². The van der Waals surface area contributed by atoms with Crippen molar-refractivity contribution in [3.05, 3.63) is 60.8 Å². The molecule has 0 aliphatic carbocycles. The van der Waals surface area contributed by atoms with Gasteiger partial charge in [0.1, 0.15) is 0 Å². The first-order valence-electron chi connectivity index (χ1n) is 9.00. The summed E-state index contributed by atoms with van der Waals surface area (Å²) < 4.78 is 17.7. The molecule has 3 rings (SSSR count). The first-order valence-corrected chi connectivity index (χ1v) is 10.8. The standard InChI is InChI=1S/C21H18Cl2INO4/c1-3-7-28-19-16(24)8-12(10-18(19)27-4-2)9-17-21(26)29-20(25-17)13-5-6-14(22)15(23)11-13/h5-6,8-11H,3-4,7H2,1-2H3/b17-9-. The minimum atomic E-state index is -0.537. The summed E-state index contributed by atoms with van der Waals surface area (Å²) >= 11 is 14.2. The number of aliphatic imine (C=N–C) groups is 1. The highest BCUT2D eigenvalue weighted by molar-refractivity contribution is 14.1. The number of esters is 1. The zero-order valence-electron chi connectivity index (χ0n) is 15.8. The van der Waals surface area contributed by atoms with Crippen LogP contribution in [-0.2, 0) is 9.53 Å². The van der Waals surface area contributed by atoms with E-state index in [-0.39, 0.29) is 11.6 Å². The summed E-state index contributed by atoms with van der Waals surface area (Å²) in [4.78, 5) is 16.6. The Balaban J connectivity index is 1.95. The summed E-state index contributed by atoms with van der Waals surface area (Å²) in [6.45, 7) is 5.05. The summed E-state index contributed by atoms with van der Waals surface area (Å²) in [5.41, 5.74) is 1.52. The van der Waals surface area contributed by atoms with Crippen molar-refractivity contribution in [1.29, 1.82) is 0 Å². The number of hydrogen-bond acceptors (Lipinski definition) is 5. The van der Waals surface area contributed by atoms with Gasteiger partial charge in [-0.15, -0.1) is 0 Å². The normalized spacial score (nSPS) is 14.7. The number of carbonyl (C=O) groups excluding carboxylic acids is 1. The van der Waals surface area contributed by atoms with E-state index in [9.17, 15) is 4.79 Å². The number of benzene rings is 2. The number of ether oxygens (including phenoxy) is 3. The summed E-state index contributed by atoms with van der Waals surface area (Å²) in [6, 6.07) is 8.65. The molecule has 0 radical (unpaired) electrons. The third-order valence-electron chi connectivity index (χ3n) is 3.87. The zero-order chi connectivity index (χ0) is 21.0. The van der Waals surface area contributed by atoms with E-state index in [4.69, 9.17) is 37.4 Å². The highest BCUT2D eigenvalue weighted by Gasteiger charge is 2.25. The third-order valence-corrected chi connectivity index (χ3v) is 5.41. The van der Waals surface area contributed by atoms with Crippen molar-refractivity contribution < 1.29 is 19.0 Å². The molecule has 0 atom stereocenters. The molecule has 152 valence electrons. The van der Waals surface area contributed by atoms with Gasteiger partial charge in [0.05, 0.1) is 26.8 Å². The lowest BCUT2D eigenvalue weighted by Crippen LogP contribution is -2.05. The fraction of sp³-hybridized carbons (Fsp3) is 0.238. The van der Waals surface area contributed by atoms with Gasteiger partial charge in [0, 0.05) is 5.56 Å². The van der Waals surface area contributed by atoms with E-state index in [1.807, 2.05) is 26.0 Å². The van der Waals surface area contributed by atoms with Gasteiger partial charge >= 0.3 is 5.97 Å². The third kappa shape index (κ3) is 5.24. The predicted molar refractivity (Wildman–Crippen MR) is 123 cm³/mol. The van der Waals surface area contributed by atoms with E-state index in [1.54, 1.807) is 24.3 Å². The van der Waals surface area contributed by atoms with Gasteiger partial charge in [0.2, 0.25) is 5.90 Å². The van der Waals surface area contributed by atoms with Crippen LogP contribution < -0.4 is 9.47 Å². The SMILES string of the molecule is CCCOc1c(I)cc(/C=C2\N=C(c3ccc(Cl)c(Cl)c3)OC2=O)cc1OCC. The Morgan fingerprint density at radius 1 is 1.14 bits per heavy atom. The van der Waals surface area contributed by atoms with E-state index in [1.165, 1.54) is 0 Å². The van der Waals surface area contributed by atoms with Crippen molar-refractivity contribution in [1.82, 2.24) is 0 Å². The van der Waals surface area contributed by atoms with Crippen molar-refractivity contribution in [2.45, 2.75) is 20.3 Å². The number of cyclic esters (lactones) is 1. The van der Waals surface area contributed by atoms with Crippen LogP contribution in [-0.4, -0.2) is 25.1 Å². The first-order chi connectivity index (χ1) is 13.9. The van der Waals surface area contributed by atoms with Gasteiger partial charge in [0.15, 0.2) is 17.2 Å². The van der Waals surface area contributed by atoms with E-state index in [0.717, 1.165) is 15.6 Å². The van der Waals surface area contributed by atoms with E-state index >= 15 is 0 Å². The number of hydrogen-bond donors (Lipinski definition) is 0. The van der Waals surface area contributed by atoms with Gasteiger partial charge < -0.3 is 14.2 Å². The molecular formula is C21H18Cl2INO4. The monoisotopic (exact) mass is 545 g/mol. The molecule has 1 aliphatic heterocycles. The Bertz CT molecular complexity index is 1000. The molecule has 29 heavy (non-hydrogen) atoms. The lowest BCUT2D eigenvalue weighted by molar-refractivity contribution is -0.129. The fourth-order valence-electron chi connectivity index (χ4n) is 2.60. The van der Waals surface area contributed by atoms with Gasteiger partial charge in [-0.05, 0) is 77.9 Å². The molecule has 0 amide bonds. The molecule has 1 aliphatic rings. The van der Waals surface area contributed by atoms with Crippen LogP contribution in [0.2, 0.25) is 10.0 Å². The first kappa shape index (κ1) is 21.9. The Kier molecular flexibility index (Phi) is 7.43. The van der Waals surface area contributed by atoms with Crippen LogP contribution in [0.1, 0.15) is 31.4 Å². The average molecular weight is 546 g/mol. The van der Waals surface area contributed by atoms with Crippen LogP contribution in [0.25, 0.3) is 6.08 Å². The topological polar surface area (TPSA) is 57.1 Å². The zero-order valence-corrected chi connectivity index (χ0v) is 19.5. The second-order valence-electron chi connectivity index (χ2n) is 6.08. The Hall–Kier alpha value is -1.77. The summed E-state index contributed by atoms with van der Waals surface area (Å²) in [7, 11) is 0. The maximum absolute atomic E-state index is 12.3. The van der Waals surface area contributed by atoms with Crippen LogP contribution in [0.15, 0.2) is 41.0 Å². The lowest BCUT2D eigenvalue weighted by Gasteiger charge is -2.14. The minimum Gasteiger partial charge on any atom is -0.490 e. The molecule has 0 unspecified atom stereocenters. The average Bonchev–Trinajstić information content (AvgIpc) is 3.04. The molecular weight excluding hydrogens is 528 g/mol. The molecule has 5 nitrogen and oxygen atoms in total. The maximum atomic E-state index is 12.3. The molecule has 8 heteroatoms. The molecule has 0 bridgehead atoms. The molecule has 2 aromatic carbocycles. The molecule has 0 spiro atoms. The van der Waals surface area contributed by atoms with Crippen LogP contribution in [0.5, 0.6) is 11.5 Å². The van der Waals surface area contributed by atoms with Crippen LogP contribution in [0.3, 0.4) is 0 Å². The van der Waals surface area contributed by atoms with Crippen molar-refractivity contribution in [3.63, 3.8) is 0 Å². The van der Waals surface area contributed by atoms with Gasteiger partial charge in [-0.3, -0.25) is 0 Å². The van der Waals surface area contributed by atoms with E-state index in [0.29, 0.717) is 40.3 Å². The van der Waals surface area contributed by atoms with Gasteiger partial charge in [-0.1, -0.05) is 30.1 Å². The highest BCUT2D eigenvalue weighted by Crippen LogP contribution is 2.35. The smallest absolute Gasteiger partial charge is 0.363 e. The summed E-state index contributed by atoms with van der Waals surface area (Å²) in [6.07, 6.45) is 2.55. The van der Waals surface area contributed by atoms with Crippen LogP contribution in [0.4, 0.5) is 0 Å². The van der Waals surface area contributed by atoms with Crippen molar-refractivity contribution in [3.8, 4) is 11.5 Å². The molecule has 0 saturated heterocycles. The van der Waals surface area contributed by atoms with Crippen molar-refractivity contribution in [2.75, 3.05) is 13.2 Å². The molecule has 0 saturated carbocycles. The summed E-state index contributed by atoms with van der Waals surface area (Å²) in [5, 5.41) is 0.776. The molecule has 0 fully saturated rings. The Morgan fingerprint density at radius 3 is 2.62 bits per heavy atom. The van der Waals surface area contributed by atoms with E-state index in [2.05, 4.69) is 27.6 Å². The van der Waals surface area contributed by atoms with E-state index < -0.39 is 5.97 Å². The van der Waals surface area contributed by atoms with Gasteiger partial charge in [0.25, 0.3) is 0 Å². The highest BCUT2D eigenvalue weighted by atomic mass is 127. The largest absolute Gasteiger partial charge is 0.490 e. The second kappa shape index (κ2) is 9.82. The second-order valence-corrected chi connectivity index (χ2v) is 8.05. The number of rotatable bonds is 7. The van der Waals surface area contributed by atoms with Gasteiger partial charge in [-0.2, -0.15) is 0 Å². The molecule has 0 N–H and O–H groups in total. The quantitative estimate of drug-likeness (QED) is 0.238. The lowest BCUT2D eigenvalue weighted by atomic mass is 10.1. The molecule has 2 aromatic rings. The molecule has 0 aromatic heterocycles. The fourth-order valence-corrected chi connectivity index (χ4v) is 3.68. The van der Waals surface area contributed by atoms with Crippen molar-refractivity contribution in [2.24, 2.45) is 4.99 Å². The van der Waals surface area contributed by atoms with Crippen LogP contribution >= 0.6 is 45.8 Å². The molecule has 1 heterocycles. The van der Waals surface area contributed by atoms with Crippen LogP contribution in [0, 0.1) is 3.57 Å². The maximum Gasteiger partial charge on any atom is 0.363 e. The number of nitrogens with zero attached hydrogens (tertiary/aromatic N) is 1. The summed E-state index contributed by atoms with van der Waals surface area (Å²) in [5.74, 6) is 0.970. The van der Waals surface area contributed by atoms with Gasteiger partial charge in [-0.25, -0.2) is 9.79 Å². The number of carbonyl (C=O) groups is 1. The predicted octanol–water partition coefficient (Wildman–Crippen LogP) is 6.13. The Morgan fingerprint density at radius 2 is 1.93 bits per heavy atom.